The van der Waals surface area contributed by atoms with E-state index >= 15 is 0 Å². The standard InChI is InChI=1S/C26H30N2O3S/c1-15(2)31-26(30)23-16(3)27-20-13-18(17-8-10-19(11-9-17)28(4)5)14-21(29)24(20)25(23)22-7-6-12-32-22/h6-12,15,18,25,27H,13-14H2,1-5H3/t18-,25+/m0/s1. The van der Waals surface area contributed by atoms with Crippen molar-refractivity contribution >= 4 is 28.8 Å². The summed E-state index contributed by atoms with van der Waals surface area (Å²) in [5.74, 6) is -0.515. The average Bonchev–Trinajstić information content (AvgIpc) is 3.26. The summed E-state index contributed by atoms with van der Waals surface area (Å²) in [6, 6.07) is 12.4. The minimum atomic E-state index is -0.373. The van der Waals surface area contributed by atoms with Crippen molar-refractivity contribution in [1.29, 1.82) is 0 Å². The van der Waals surface area contributed by atoms with Crippen molar-refractivity contribution in [3.8, 4) is 0 Å². The largest absolute Gasteiger partial charge is 0.460 e. The number of Topliss-reactive ketones (excluding diaryl/α,β-unsaturated/α-hetero) is 1. The van der Waals surface area contributed by atoms with Gasteiger partial charge in [0.1, 0.15) is 0 Å². The summed E-state index contributed by atoms with van der Waals surface area (Å²) >= 11 is 1.57. The number of anilines is 1. The number of hydrogen-bond acceptors (Lipinski definition) is 6. The van der Waals surface area contributed by atoms with Crippen LogP contribution in [0.4, 0.5) is 5.69 Å². The number of dihydropyridines is 1. The Bertz CT molecular complexity index is 1080. The topological polar surface area (TPSA) is 58.6 Å². The van der Waals surface area contributed by atoms with Gasteiger partial charge in [-0.1, -0.05) is 18.2 Å². The Morgan fingerprint density at radius 1 is 1.16 bits per heavy atom. The zero-order valence-electron chi connectivity index (χ0n) is 19.3. The number of ether oxygens (including phenoxy) is 1. The van der Waals surface area contributed by atoms with E-state index in [1.165, 1.54) is 0 Å². The van der Waals surface area contributed by atoms with E-state index < -0.39 is 0 Å². The van der Waals surface area contributed by atoms with Gasteiger partial charge in [0.25, 0.3) is 0 Å². The molecule has 0 saturated heterocycles. The minimum absolute atomic E-state index is 0.0983. The molecule has 1 aliphatic carbocycles. The van der Waals surface area contributed by atoms with Crippen molar-refractivity contribution in [1.82, 2.24) is 5.32 Å². The van der Waals surface area contributed by atoms with Crippen LogP contribution in [0.15, 0.2) is 64.3 Å². The van der Waals surface area contributed by atoms with E-state index in [-0.39, 0.29) is 29.7 Å². The molecular weight excluding hydrogens is 420 g/mol. The average molecular weight is 451 g/mol. The predicted octanol–water partition coefficient (Wildman–Crippen LogP) is 5.13. The van der Waals surface area contributed by atoms with Crippen LogP contribution in [-0.4, -0.2) is 32.0 Å². The SMILES string of the molecule is CC1=C(C(=O)OC(C)C)[C@@H](c2cccs2)C2=C(C[C@H](c3ccc(N(C)C)cc3)CC2=O)N1. The lowest BCUT2D eigenvalue weighted by molar-refractivity contribution is -0.143. The maximum absolute atomic E-state index is 13.5. The van der Waals surface area contributed by atoms with Crippen LogP contribution in [0.5, 0.6) is 0 Å². The molecule has 0 saturated carbocycles. The van der Waals surface area contributed by atoms with Crippen molar-refractivity contribution in [2.24, 2.45) is 0 Å². The van der Waals surface area contributed by atoms with Crippen LogP contribution in [0.2, 0.25) is 0 Å². The lowest BCUT2D eigenvalue weighted by atomic mass is 9.73. The fourth-order valence-corrected chi connectivity index (χ4v) is 5.45. The fourth-order valence-electron chi connectivity index (χ4n) is 4.61. The Balaban J connectivity index is 1.71. The number of carbonyl (C=O) groups excluding carboxylic acids is 2. The third kappa shape index (κ3) is 4.24. The molecule has 1 N–H and O–H groups in total. The summed E-state index contributed by atoms with van der Waals surface area (Å²) in [7, 11) is 4.04. The molecule has 0 amide bonds. The van der Waals surface area contributed by atoms with Crippen LogP contribution in [0.3, 0.4) is 0 Å². The van der Waals surface area contributed by atoms with E-state index in [0.29, 0.717) is 12.0 Å². The fraction of sp³-hybridized carbons (Fsp3) is 0.385. The molecule has 0 fully saturated rings. The van der Waals surface area contributed by atoms with Crippen LogP contribution in [-0.2, 0) is 14.3 Å². The number of benzene rings is 1. The highest BCUT2D eigenvalue weighted by Gasteiger charge is 2.42. The normalized spacial score (nSPS) is 20.9. The highest BCUT2D eigenvalue weighted by Crippen LogP contribution is 2.46. The summed E-state index contributed by atoms with van der Waals surface area (Å²) in [5.41, 5.74) is 5.26. The van der Waals surface area contributed by atoms with E-state index in [4.69, 9.17) is 4.74 Å². The van der Waals surface area contributed by atoms with Gasteiger partial charge in [-0.05, 0) is 62.3 Å². The molecule has 4 rings (SSSR count). The van der Waals surface area contributed by atoms with E-state index in [1.54, 1.807) is 11.3 Å². The highest BCUT2D eigenvalue weighted by atomic mass is 32.1. The van der Waals surface area contributed by atoms with Crippen molar-refractivity contribution in [3.05, 3.63) is 74.8 Å². The third-order valence-electron chi connectivity index (χ3n) is 6.10. The highest BCUT2D eigenvalue weighted by molar-refractivity contribution is 7.10. The predicted molar refractivity (Wildman–Crippen MR) is 129 cm³/mol. The van der Waals surface area contributed by atoms with Gasteiger partial charge in [-0.3, -0.25) is 4.79 Å². The first-order chi connectivity index (χ1) is 15.3. The molecule has 2 heterocycles. The maximum atomic E-state index is 13.5. The van der Waals surface area contributed by atoms with Gasteiger partial charge in [-0.25, -0.2) is 4.79 Å². The molecule has 2 aliphatic rings. The van der Waals surface area contributed by atoms with Gasteiger partial charge in [-0.15, -0.1) is 11.3 Å². The zero-order valence-corrected chi connectivity index (χ0v) is 20.1. The van der Waals surface area contributed by atoms with Gasteiger partial charge in [0.15, 0.2) is 5.78 Å². The number of nitrogens with zero attached hydrogens (tertiary/aromatic N) is 1. The molecule has 2 atom stereocenters. The summed E-state index contributed by atoms with van der Waals surface area (Å²) in [5, 5.41) is 5.40. The molecule has 1 aromatic carbocycles. The molecule has 5 nitrogen and oxygen atoms in total. The molecule has 2 aromatic rings. The molecular formula is C26H30N2O3S. The lowest BCUT2D eigenvalue weighted by Gasteiger charge is -2.36. The molecule has 0 radical (unpaired) electrons. The molecule has 168 valence electrons. The van der Waals surface area contributed by atoms with Crippen LogP contribution >= 0.6 is 11.3 Å². The van der Waals surface area contributed by atoms with Crippen molar-refractivity contribution in [3.63, 3.8) is 0 Å². The smallest absolute Gasteiger partial charge is 0.337 e. The second-order valence-electron chi connectivity index (χ2n) is 8.97. The third-order valence-corrected chi connectivity index (χ3v) is 7.04. The van der Waals surface area contributed by atoms with Gasteiger partial charge in [0, 0.05) is 48.0 Å². The molecule has 0 spiro atoms. The van der Waals surface area contributed by atoms with Crippen LogP contribution in [0, 0.1) is 0 Å². The van der Waals surface area contributed by atoms with Crippen LogP contribution < -0.4 is 10.2 Å². The van der Waals surface area contributed by atoms with Crippen molar-refractivity contribution in [2.45, 2.75) is 51.6 Å². The van der Waals surface area contributed by atoms with E-state index in [0.717, 1.165) is 39.5 Å². The molecule has 6 heteroatoms. The summed E-state index contributed by atoms with van der Waals surface area (Å²) < 4.78 is 5.55. The Labute approximate surface area is 193 Å². The number of esters is 1. The number of nitrogens with one attached hydrogen (secondary N) is 1. The van der Waals surface area contributed by atoms with Crippen molar-refractivity contribution < 1.29 is 14.3 Å². The van der Waals surface area contributed by atoms with E-state index in [1.807, 2.05) is 52.4 Å². The van der Waals surface area contributed by atoms with Gasteiger partial charge in [0.2, 0.25) is 0 Å². The Kier molecular flexibility index (Phi) is 6.24. The second kappa shape index (κ2) is 8.94. The first-order valence-electron chi connectivity index (χ1n) is 11.0. The minimum Gasteiger partial charge on any atom is -0.460 e. The number of allylic oxidation sites excluding steroid dienone is 3. The number of carbonyl (C=O) groups is 2. The summed E-state index contributed by atoms with van der Waals surface area (Å²) in [6.07, 6.45) is 0.961. The quantitative estimate of drug-likeness (QED) is 0.640. The molecule has 0 unspecified atom stereocenters. The van der Waals surface area contributed by atoms with E-state index in [2.05, 4.69) is 34.5 Å². The molecule has 32 heavy (non-hydrogen) atoms. The Morgan fingerprint density at radius 2 is 1.88 bits per heavy atom. The molecule has 0 bridgehead atoms. The molecule has 1 aromatic heterocycles. The van der Waals surface area contributed by atoms with E-state index in [9.17, 15) is 9.59 Å². The van der Waals surface area contributed by atoms with Gasteiger partial charge >= 0.3 is 5.97 Å². The first kappa shape index (κ1) is 22.3. The summed E-state index contributed by atoms with van der Waals surface area (Å²) in [4.78, 5) is 29.6. The van der Waals surface area contributed by atoms with Crippen molar-refractivity contribution in [2.75, 3.05) is 19.0 Å². The lowest BCUT2D eigenvalue weighted by Crippen LogP contribution is -2.36. The van der Waals surface area contributed by atoms with Gasteiger partial charge in [0.05, 0.1) is 17.6 Å². The number of hydrogen-bond donors (Lipinski definition) is 1. The van der Waals surface area contributed by atoms with Crippen LogP contribution in [0.1, 0.15) is 55.9 Å². The van der Waals surface area contributed by atoms with Gasteiger partial charge in [-0.2, -0.15) is 0 Å². The Hall–Kier alpha value is -2.86. The number of rotatable bonds is 5. The number of ketones is 1. The Morgan fingerprint density at radius 3 is 2.47 bits per heavy atom. The first-order valence-corrected chi connectivity index (χ1v) is 11.9. The second-order valence-corrected chi connectivity index (χ2v) is 9.95. The monoisotopic (exact) mass is 450 g/mol. The van der Waals surface area contributed by atoms with Crippen LogP contribution in [0.25, 0.3) is 0 Å². The maximum Gasteiger partial charge on any atom is 0.337 e. The molecule has 1 aliphatic heterocycles. The number of thiophene rings is 1. The van der Waals surface area contributed by atoms with Gasteiger partial charge < -0.3 is 15.0 Å². The zero-order chi connectivity index (χ0) is 23.0. The summed E-state index contributed by atoms with van der Waals surface area (Å²) in [6.45, 7) is 5.58.